The Morgan fingerprint density at radius 2 is 2.13 bits per heavy atom. The van der Waals surface area contributed by atoms with Crippen LogP contribution in [0.15, 0.2) is 18.2 Å². The summed E-state index contributed by atoms with van der Waals surface area (Å²) in [6.45, 7) is 0.522. The molecule has 0 atom stereocenters. The second-order valence-electron chi connectivity index (χ2n) is 3.12. The van der Waals surface area contributed by atoms with Gasteiger partial charge in [-0.15, -0.1) is 0 Å². The smallest absolute Gasteiger partial charge is 0.150 e. The van der Waals surface area contributed by atoms with Gasteiger partial charge in [-0.3, -0.25) is 4.79 Å². The van der Waals surface area contributed by atoms with Gasteiger partial charge in [-0.1, -0.05) is 0 Å². The van der Waals surface area contributed by atoms with Crippen LogP contribution in [0.3, 0.4) is 0 Å². The maximum atomic E-state index is 12.9. The molecule has 15 heavy (non-hydrogen) atoms. The molecule has 0 spiro atoms. The maximum Gasteiger partial charge on any atom is 0.150 e. The molecule has 0 amide bonds. The van der Waals surface area contributed by atoms with Gasteiger partial charge in [0.1, 0.15) is 17.9 Å². The minimum absolute atomic E-state index is 0.117. The Bertz CT molecular complexity index is 326. The molecule has 1 aromatic rings. The van der Waals surface area contributed by atoms with Gasteiger partial charge in [0.05, 0.1) is 6.61 Å². The Labute approximate surface area is 87.5 Å². The van der Waals surface area contributed by atoms with E-state index in [0.29, 0.717) is 31.5 Å². The molecule has 82 valence electrons. The predicted molar refractivity (Wildman–Crippen MR) is 53.6 cm³/mol. The van der Waals surface area contributed by atoms with E-state index in [2.05, 4.69) is 0 Å². The van der Waals surface area contributed by atoms with Crippen molar-refractivity contribution in [1.29, 1.82) is 0 Å². The van der Waals surface area contributed by atoms with Gasteiger partial charge in [0, 0.05) is 18.2 Å². The number of halogens is 1. The van der Waals surface area contributed by atoms with E-state index in [-0.39, 0.29) is 12.2 Å². The van der Waals surface area contributed by atoms with Gasteiger partial charge in [0.15, 0.2) is 0 Å². The van der Waals surface area contributed by atoms with E-state index in [1.165, 1.54) is 12.1 Å². The van der Waals surface area contributed by atoms with E-state index < -0.39 is 5.82 Å². The molecule has 0 unspecified atom stereocenters. The van der Waals surface area contributed by atoms with Crippen LogP contribution >= 0.6 is 0 Å². The molecule has 3 nitrogen and oxygen atoms in total. The number of aldehydes is 1. The zero-order valence-corrected chi connectivity index (χ0v) is 8.28. The summed E-state index contributed by atoms with van der Waals surface area (Å²) in [6.07, 6.45) is 1.92. The minimum atomic E-state index is -0.489. The molecule has 1 rings (SSSR count). The minimum Gasteiger partial charge on any atom is -0.493 e. The molecular weight excluding hydrogens is 199 g/mol. The fourth-order valence-corrected chi connectivity index (χ4v) is 1.14. The predicted octanol–water partition coefficient (Wildman–Crippen LogP) is 1.79. The molecule has 0 radical (unpaired) electrons. The van der Waals surface area contributed by atoms with Crippen LogP contribution in [-0.2, 0) is 0 Å². The van der Waals surface area contributed by atoms with Gasteiger partial charge >= 0.3 is 0 Å². The SMILES string of the molecule is O=Cc1cc(F)cc(OCCCCO)c1. The van der Waals surface area contributed by atoms with Gasteiger partial charge in [0.2, 0.25) is 0 Å². The first-order valence-corrected chi connectivity index (χ1v) is 4.75. The van der Waals surface area contributed by atoms with Crippen LogP contribution in [0.2, 0.25) is 0 Å². The standard InChI is InChI=1S/C11H13FO3/c12-10-5-9(8-14)6-11(7-10)15-4-2-1-3-13/h5-8,13H,1-4H2. The quantitative estimate of drug-likeness (QED) is 0.577. The van der Waals surface area contributed by atoms with Crippen LogP contribution in [0.1, 0.15) is 23.2 Å². The van der Waals surface area contributed by atoms with Crippen LogP contribution in [-0.4, -0.2) is 24.6 Å². The molecule has 0 aromatic heterocycles. The fraction of sp³-hybridized carbons (Fsp3) is 0.364. The van der Waals surface area contributed by atoms with Gasteiger partial charge in [-0.2, -0.15) is 0 Å². The topological polar surface area (TPSA) is 46.5 Å². The van der Waals surface area contributed by atoms with Crippen molar-refractivity contribution in [2.45, 2.75) is 12.8 Å². The van der Waals surface area contributed by atoms with E-state index in [4.69, 9.17) is 9.84 Å². The molecule has 1 aromatic carbocycles. The molecule has 0 aliphatic rings. The Morgan fingerprint density at radius 3 is 2.80 bits per heavy atom. The Hall–Kier alpha value is -1.42. The second kappa shape index (κ2) is 6.14. The fourth-order valence-electron chi connectivity index (χ4n) is 1.14. The lowest BCUT2D eigenvalue weighted by Gasteiger charge is -2.06. The number of aliphatic hydroxyl groups is 1. The molecule has 0 saturated heterocycles. The zero-order chi connectivity index (χ0) is 11.1. The lowest BCUT2D eigenvalue weighted by Crippen LogP contribution is -1.99. The molecule has 0 fully saturated rings. The summed E-state index contributed by atoms with van der Waals surface area (Å²) in [5.41, 5.74) is 0.257. The number of carbonyl (C=O) groups excluding carboxylic acids is 1. The molecule has 0 saturated carbocycles. The molecule has 0 aliphatic carbocycles. The van der Waals surface area contributed by atoms with Crippen LogP contribution in [0.5, 0.6) is 5.75 Å². The van der Waals surface area contributed by atoms with Crippen LogP contribution in [0.25, 0.3) is 0 Å². The van der Waals surface area contributed by atoms with E-state index in [1.54, 1.807) is 0 Å². The summed E-state index contributed by atoms with van der Waals surface area (Å²) in [7, 11) is 0. The van der Waals surface area contributed by atoms with E-state index >= 15 is 0 Å². The van der Waals surface area contributed by atoms with Crippen molar-refractivity contribution in [3.8, 4) is 5.75 Å². The van der Waals surface area contributed by atoms with Gasteiger partial charge in [0.25, 0.3) is 0 Å². The first kappa shape index (κ1) is 11.7. The summed E-state index contributed by atoms with van der Waals surface area (Å²) in [4.78, 5) is 10.4. The van der Waals surface area contributed by atoms with Gasteiger partial charge in [-0.05, 0) is 25.0 Å². The van der Waals surface area contributed by atoms with Crippen molar-refractivity contribution >= 4 is 6.29 Å². The summed E-state index contributed by atoms with van der Waals surface area (Å²) >= 11 is 0. The Morgan fingerprint density at radius 1 is 1.33 bits per heavy atom. The van der Waals surface area contributed by atoms with Crippen molar-refractivity contribution < 1.29 is 19.0 Å². The molecule has 0 bridgehead atoms. The van der Waals surface area contributed by atoms with Crippen LogP contribution in [0, 0.1) is 5.82 Å². The second-order valence-corrected chi connectivity index (χ2v) is 3.12. The van der Waals surface area contributed by atoms with Gasteiger partial charge in [-0.25, -0.2) is 4.39 Å². The number of rotatable bonds is 6. The number of aliphatic hydroxyl groups excluding tert-OH is 1. The van der Waals surface area contributed by atoms with Crippen molar-refractivity contribution in [2.75, 3.05) is 13.2 Å². The molecule has 4 heteroatoms. The van der Waals surface area contributed by atoms with E-state index in [0.717, 1.165) is 6.07 Å². The lowest BCUT2D eigenvalue weighted by molar-refractivity contribution is 0.112. The zero-order valence-electron chi connectivity index (χ0n) is 8.28. The largest absolute Gasteiger partial charge is 0.493 e. The highest BCUT2D eigenvalue weighted by Gasteiger charge is 2.00. The van der Waals surface area contributed by atoms with Crippen molar-refractivity contribution in [3.63, 3.8) is 0 Å². The number of hydrogen-bond acceptors (Lipinski definition) is 3. The van der Waals surface area contributed by atoms with Crippen molar-refractivity contribution in [1.82, 2.24) is 0 Å². The van der Waals surface area contributed by atoms with Crippen LogP contribution < -0.4 is 4.74 Å². The summed E-state index contributed by atoms with van der Waals surface area (Å²) < 4.78 is 18.1. The number of ether oxygens (including phenoxy) is 1. The average molecular weight is 212 g/mol. The Kier molecular flexibility index (Phi) is 4.77. The highest BCUT2D eigenvalue weighted by atomic mass is 19.1. The third-order valence-corrected chi connectivity index (χ3v) is 1.85. The lowest BCUT2D eigenvalue weighted by atomic mass is 10.2. The molecule has 0 heterocycles. The summed E-state index contributed by atoms with van der Waals surface area (Å²) in [5, 5.41) is 8.53. The van der Waals surface area contributed by atoms with E-state index in [1.807, 2.05) is 0 Å². The number of hydrogen-bond donors (Lipinski definition) is 1. The maximum absolute atomic E-state index is 12.9. The number of unbranched alkanes of at least 4 members (excludes halogenated alkanes) is 1. The van der Waals surface area contributed by atoms with E-state index in [9.17, 15) is 9.18 Å². The first-order valence-electron chi connectivity index (χ1n) is 4.75. The highest BCUT2D eigenvalue weighted by molar-refractivity contribution is 5.75. The molecular formula is C11H13FO3. The summed E-state index contributed by atoms with van der Waals surface area (Å²) in [5.74, 6) is -0.146. The first-order chi connectivity index (χ1) is 7.26. The molecule has 1 N–H and O–H groups in total. The monoisotopic (exact) mass is 212 g/mol. The van der Waals surface area contributed by atoms with Crippen molar-refractivity contribution in [2.24, 2.45) is 0 Å². The normalized spacial score (nSPS) is 10.0. The van der Waals surface area contributed by atoms with Crippen LogP contribution in [0.4, 0.5) is 4.39 Å². The Balaban J connectivity index is 2.53. The highest BCUT2D eigenvalue weighted by Crippen LogP contribution is 2.15. The third kappa shape index (κ3) is 4.08. The van der Waals surface area contributed by atoms with Gasteiger partial charge < -0.3 is 9.84 Å². The number of benzene rings is 1. The third-order valence-electron chi connectivity index (χ3n) is 1.85. The molecule has 0 aliphatic heterocycles. The number of carbonyl (C=O) groups is 1. The van der Waals surface area contributed by atoms with Crippen molar-refractivity contribution in [3.05, 3.63) is 29.6 Å². The summed E-state index contributed by atoms with van der Waals surface area (Å²) in [6, 6.07) is 3.86. The average Bonchev–Trinajstić information content (AvgIpc) is 2.23.